The predicted molar refractivity (Wildman–Crippen MR) is 72.2 cm³/mol. The van der Waals surface area contributed by atoms with Gasteiger partial charge in [-0.2, -0.15) is 0 Å². The first kappa shape index (κ1) is 14.4. The summed E-state index contributed by atoms with van der Waals surface area (Å²) >= 11 is 0. The number of amides is 1. The molecule has 1 aliphatic heterocycles. The number of likely N-dealkylation sites (N-methyl/N-ethyl adjacent to an activating group) is 1. The Kier molecular flexibility index (Phi) is 3.47. The van der Waals surface area contributed by atoms with E-state index in [-0.39, 0.29) is 22.1 Å². The lowest BCUT2D eigenvalue weighted by atomic mass is 10.1. The largest absolute Gasteiger partial charge is 0.480 e. The van der Waals surface area contributed by atoms with Crippen molar-refractivity contribution in [1.82, 2.24) is 4.31 Å². The average Bonchev–Trinajstić information content (AvgIpc) is 2.36. The smallest absolute Gasteiger partial charge is 0.290 e. The highest BCUT2D eigenvalue weighted by Gasteiger charge is 2.39. The number of sulfonamides is 1. The molecule has 1 heterocycles. The van der Waals surface area contributed by atoms with Gasteiger partial charge in [0, 0.05) is 12.6 Å². The summed E-state index contributed by atoms with van der Waals surface area (Å²) in [6.45, 7) is 3.38. The fourth-order valence-corrected chi connectivity index (χ4v) is 3.22. The van der Waals surface area contributed by atoms with Gasteiger partial charge in [-0.25, -0.2) is 12.7 Å². The molecule has 1 N–H and O–H groups in total. The van der Waals surface area contributed by atoms with Crippen molar-refractivity contribution in [3.63, 3.8) is 0 Å². The van der Waals surface area contributed by atoms with Crippen LogP contribution in [0.1, 0.15) is 19.4 Å². The third-order valence-electron chi connectivity index (χ3n) is 2.86. The Morgan fingerprint density at radius 2 is 1.90 bits per heavy atom. The Balaban J connectivity index is 2.75. The Bertz CT molecular complexity index is 690. The predicted octanol–water partition coefficient (Wildman–Crippen LogP) is 1.50. The number of carbonyl (C=O) groups is 1. The van der Waals surface area contributed by atoms with Crippen LogP contribution in [0.25, 0.3) is 5.57 Å². The molecule has 0 bridgehead atoms. The van der Waals surface area contributed by atoms with Crippen molar-refractivity contribution in [2.75, 3.05) is 7.05 Å². The van der Waals surface area contributed by atoms with Gasteiger partial charge in [0.25, 0.3) is 21.9 Å². The molecule has 1 aliphatic rings. The van der Waals surface area contributed by atoms with Gasteiger partial charge in [0.1, 0.15) is 5.57 Å². The third-order valence-corrected chi connectivity index (χ3v) is 4.65. The van der Waals surface area contributed by atoms with Crippen LogP contribution in [-0.2, 0) is 19.6 Å². The molecule has 7 heteroatoms. The zero-order valence-corrected chi connectivity index (χ0v) is 12.1. The molecule has 1 amide bonds. The molecule has 6 nitrogen and oxygen atoms in total. The minimum absolute atomic E-state index is 0.0315. The van der Waals surface area contributed by atoms with Crippen LogP contribution in [0.5, 0.6) is 0 Å². The van der Waals surface area contributed by atoms with Crippen LogP contribution < -0.4 is 0 Å². The van der Waals surface area contributed by atoms with E-state index in [1.807, 2.05) is 0 Å². The van der Waals surface area contributed by atoms with Crippen molar-refractivity contribution in [2.24, 2.45) is 0 Å². The number of carbonyl (C=O) groups excluding carboxylic acids is 1. The van der Waals surface area contributed by atoms with Gasteiger partial charge in [-0.1, -0.05) is 18.2 Å². The summed E-state index contributed by atoms with van der Waals surface area (Å²) in [5.74, 6) is -1.39. The lowest BCUT2D eigenvalue weighted by molar-refractivity contribution is -0.120. The second-order valence-electron chi connectivity index (χ2n) is 4.62. The molecule has 0 saturated heterocycles. The molecule has 0 atom stereocenters. The molecule has 20 heavy (non-hydrogen) atoms. The highest BCUT2D eigenvalue weighted by Crippen LogP contribution is 2.34. The molecule has 0 radical (unpaired) electrons. The maximum atomic E-state index is 12.2. The van der Waals surface area contributed by atoms with Gasteiger partial charge in [0.05, 0.1) is 11.0 Å². The molecule has 1 aromatic rings. The number of benzene rings is 1. The van der Waals surface area contributed by atoms with Crippen LogP contribution in [0.4, 0.5) is 0 Å². The number of nitrogens with zero attached hydrogens (tertiary/aromatic N) is 1. The molecule has 0 saturated carbocycles. The maximum absolute atomic E-state index is 12.2. The average molecular weight is 297 g/mol. The van der Waals surface area contributed by atoms with Crippen LogP contribution in [0.3, 0.4) is 0 Å². The zero-order valence-electron chi connectivity index (χ0n) is 11.3. The number of rotatable bonds is 2. The summed E-state index contributed by atoms with van der Waals surface area (Å²) < 4.78 is 30.1. The first-order chi connectivity index (χ1) is 9.26. The number of hydrogen-bond acceptors (Lipinski definition) is 5. The SMILES string of the molecule is CC(C)O/C(O)=C1\C(=O)N(C)S(=O)(=O)c2ccccc21. The van der Waals surface area contributed by atoms with Crippen molar-refractivity contribution in [2.45, 2.75) is 24.8 Å². The molecular weight excluding hydrogens is 282 g/mol. The lowest BCUT2D eigenvalue weighted by Crippen LogP contribution is -2.39. The molecule has 108 valence electrons. The minimum Gasteiger partial charge on any atom is -0.480 e. The quantitative estimate of drug-likeness (QED) is 0.660. The van der Waals surface area contributed by atoms with Gasteiger partial charge >= 0.3 is 0 Å². The fraction of sp³-hybridized carbons (Fsp3) is 0.308. The van der Waals surface area contributed by atoms with Crippen LogP contribution >= 0.6 is 0 Å². The van der Waals surface area contributed by atoms with Crippen molar-refractivity contribution in [3.8, 4) is 0 Å². The summed E-state index contributed by atoms with van der Waals surface area (Å²) in [5.41, 5.74) is 0.000347. The molecule has 0 aliphatic carbocycles. The van der Waals surface area contributed by atoms with Crippen molar-refractivity contribution in [3.05, 3.63) is 35.8 Å². The summed E-state index contributed by atoms with van der Waals surface area (Å²) in [5, 5.41) is 9.96. The molecule has 0 unspecified atom stereocenters. The normalized spacial score (nSPS) is 19.8. The maximum Gasteiger partial charge on any atom is 0.290 e. The summed E-state index contributed by atoms with van der Waals surface area (Å²) in [6, 6.07) is 6.00. The topological polar surface area (TPSA) is 83.9 Å². The summed E-state index contributed by atoms with van der Waals surface area (Å²) in [7, 11) is -2.73. The molecule has 2 rings (SSSR count). The van der Waals surface area contributed by atoms with E-state index in [0.29, 0.717) is 4.31 Å². The third kappa shape index (κ3) is 2.14. The second-order valence-corrected chi connectivity index (χ2v) is 6.56. The van der Waals surface area contributed by atoms with E-state index in [1.54, 1.807) is 26.0 Å². The van der Waals surface area contributed by atoms with Crippen LogP contribution in [-0.4, -0.2) is 36.9 Å². The van der Waals surface area contributed by atoms with Crippen LogP contribution in [0.2, 0.25) is 0 Å². The zero-order chi connectivity index (χ0) is 15.1. The van der Waals surface area contributed by atoms with E-state index in [2.05, 4.69) is 0 Å². The number of aliphatic hydroxyl groups excluding tert-OH is 1. The molecule has 0 aromatic heterocycles. The van der Waals surface area contributed by atoms with E-state index < -0.39 is 21.9 Å². The molecular formula is C13H15NO5S. The van der Waals surface area contributed by atoms with Crippen molar-refractivity contribution < 1.29 is 23.1 Å². The minimum atomic E-state index is -3.88. The van der Waals surface area contributed by atoms with Crippen molar-refractivity contribution in [1.29, 1.82) is 0 Å². The van der Waals surface area contributed by atoms with E-state index in [1.165, 1.54) is 12.1 Å². The van der Waals surface area contributed by atoms with E-state index >= 15 is 0 Å². The Hall–Kier alpha value is -2.02. The number of aliphatic hydroxyl groups is 1. The first-order valence-electron chi connectivity index (χ1n) is 5.99. The van der Waals surface area contributed by atoms with Crippen LogP contribution in [0.15, 0.2) is 35.1 Å². The number of ether oxygens (including phenoxy) is 1. The van der Waals surface area contributed by atoms with Crippen LogP contribution in [0, 0.1) is 0 Å². The highest BCUT2D eigenvalue weighted by atomic mass is 32.2. The monoisotopic (exact) mass is 297 g/mol. The lowest BCUT2D eigenvalue weighted by Gasteiger charge is -2.27. The first-order valence-corrected chi connectivity index (χ1v) is 7.43. The Labute approximate surface area is 117 Å². The molecule has 0 fully saturated rings. The summed E-state index contributed by atoms with van der Waals surface area (Å²) in [4.78, 5) is 12.1. The van der Waals surface area contributed by atoms with E-state index in [4.69, 9.17) is 4.74 Å². The highest BCUT2D eigenvalue weighted by molar-refractivity contribution is 7.90. The van der Waals surface area contributed by atoms with Gasteiger partial charge in [0.15, 0.2) is 0 Å². The number of hydrogen-bond donors (Lipinski definition) is 1. The van der Waals surface area contributed by atoms with E-state index in [9.17, 15) is 18.3 Å². The van der Waals surface area contributed by atoms with Gasteiger partial charge in [-0.15, -0.1) is 0 Å². The summed E-state index contributed by atoms with van der Waals surface area (Å²) in [6.07, 6.45) is -0.341. The second kappa shape index (κ2) is 4.82. The standard InChI is InChI=1S/C13H15NO5S/c1-8(2)19-13(16)11-9-6-4-5-7-10(9)20(17,18)14(3)12(11)15/h4-8,16H,1-3H3/b13-11-. The number of fused-ring (bicyclic) bond motifs is 1. The van der Waals surface area contributed by atoms with Crippen molar-refractivity contribution >= 4 is 21.5 Å². The van der Waals surface area contributed by atoms with Gasteiger partial charge in [-0.3, -0.25) is 4.79 Å². The van der Waals surface area contributed by atoms with Gasteiger partial charge in [-0.05, 0) is 19.9 Å². The van der Waals surface area contributed by atoms with Gasteiger partial charge < -0.3 is 9.84 Å². The van der Waals surface area contributed by atoms with Gasteiger partial charge in [0.2, 0.25) is 0 Å². The van der Waals surface area contributed by atoms with E-state index in [0.717, 1.165) is 7.05 Å². The Morgan fingerprint density at radius 3 is 2.50 bits per heavy atom. The molecule has 0 spiro atoms. The Morgan fingerprint density at radius 1 is 1.30 bits per heavy atom. The fourth-order valence-electron chi connectivity index (χ4n) is 1.92. The molecule has 1 aromatic carbocycles.